The molecule has 2 rings (SSSR count). The summed E-state index contributed by atoms with van der Waals surface area (Å²) >= 11 is 0. The zero-order chi connectivity index (χ0) is 16.3. The van der Waals surface area contributed by atoms with Gasteiger partial charge in [0.2, 0.25) is 0 Å². The van der Waals surface area contributed by atoms with Crippen molar-refractivity contribution in [2.45, 2.75) is 55.7 Å². The Morgan fingerprint density at radius 2 is 1.86 bits per heavy atom. The fourth-order valence-electron chi connectivity index (χ4n) is 2.73. The molecule has 0 unspecified atom stereocenters. The second-order valence-corrected chi connectivity index (χ2v) is 8.16. The summed E-state index contributed by atoms with van der Waals surface area (Å²) in [5, 5.41) is 8.78. The number of unbranched alkanes of at least 4 members (excludes halogenated alkanes) is 1. The number of aryl methyl sites for hydroxylation is 1. The SMILES string of the molecule is CCCCN(C(=O)O)C1CC(S(=O)(=O)c2ccc(C)cc2)C1. The molecule has 0 aliphatic heterocycles. The van der Waals surface area contributed by atoms with E-state index in [1.54, 1.807) is 24.3 Å². The van der Waals surface area contributed by atoms with E-state index in [1.165, 1.54) is 4.90 Å². The van der Waals surface area contributed by atoms with Crippen molar-refractivity contribution in [3.8, 4) is 0 Å². The van der Waals surface area contributed by atoms with Gasteiger partial charge in [0.05, 0.1) is 10.1 Å². The number of nitrogens with zero attached hydrogens (tertiary/aromatic N) is 1. The van der Waals surface area contributed by atoms with Crippen LogP contribution in [0.1, 0.15) is 38.2 Å². The molecule has 0 radical (unpaired) electrons. The average Bonchev–Trinajstić information content (AvgIpc) is 2.40. The molecule has 0 heterocycles. The molecular weight excluding hydrogens is 302 g/mol. The van der Waals surface area contributed by atoms with Crippen LogP contribution in [0.4, 0.5) is 4.79 Å². The van der Waals surface area contributed by atoms with E-state index < -0.39 is 21.2 Å². The van der Waals surface area contributed by atoms with Gasteiger partial charge < -0.3 is 10.0 Å². The van der Waals surface area contributed by atoms with Gasteiger partial charge in [-0.15, -0.1) is 0 Å². The van der Waals surface area contributed by atoms with Crippen LogP contribution in [0.3, 0.4) is 0 Å². The minimum atomic E-state index is -3.35. The summed E-state index contributed by atoms with van der Waals surface area (Å²) in [6, 6.07) is 6.66. The Labute approximate surface area is 131 Å². The van der Waals surface area contributed by atoms with E-state index in [4.69, 9.17) is 0 Å². The minimum absolute atomic E-state index is 0.172. The number of hydrogen-bond donors (Lipinski definition) is 1. The molecule has 5 nitrogen and oxygen atoms in total. The molecule has 1 aliphatic carbocycles. The molecule has 0 bridgehead atoms. The van der Waals surface area contributed by atoms with Crippen molar-refractivity contribution < 1.29 is 18.3 Å². The number of sulfone groups is 1. The third-order valence-electron chi connectivity index (χ3n) is 4.30. The topological polar surface area (TPSA) is 74.7 Å². The largest absolute Gasteiger partial charge is 0.465 e. The molecule has 0 saturated heterocycles. The molecule has 22 heavy (non-hydrogen) atoms. The van der Waals surface area contributed by atoms with Crippen LogP contribution in [0.15, 0.2) is 29.2 Å². The Bertz CT molecular complexity index is 618. The Kier molecular flexibility index (Phi) is 5.11. The van der Waals surface area contributed by atoms with Crippen LogP contribution in [0.25, 0.3) is 0 Å². The molecule has 1 saturated carbocycles. The lowest BCUT2D eigenvalue weighted by molar-refractivity contribution is 0.0977. The fraction of sp³-hybridized carbons (Fsp3) is 0.562. The van der Waals surface area contributed by atoms with Crippen molar-refractivity contribution >= 4 is 15.9 Å². The molecule has 1 aromatic rings. The Balaban J connectivity index is 2.02. The maximum absolute atomic E-state index is 12.5. The van der Waals surface area contributed by atoms with E-state index >= 15 is 0 Å². The quantitative estimate of drug-likeness (QED) is 0.872. The smallest absolute Gasteiger partial charge is 0.407 e. The van der Waals surface area contributed by atoms with E-state index in [-0.39, 0.29) is 6.04 Å². The summed E-state index contributed by atoms with van der Waals surface area (Å²) in [7, 11) is -3.35. The van der Waals surface area contributed by atoms with Crippen molar-refractivity contribution in [2.75, 3.05) is 6.54 Å². The zero-order valence-electron chi connectivity index (χ0n) is 13.0. The first-order chi connectivity index (χ1) is 10.4. The maximum atomic E-state index is 12.5. The number of hydrogen-bond acceptors (Lipinski definition) is 3. The van der Waals surface area contributed by atoms with Gasteiger partial charge in [0.25, 0.3) is 0 Å². The number of rotatable bonds is 6. The molecule has 1 aromatic carbocycles. The van der Waals surface area contributed by atoms with Gasteiger partial charge in [0.1, 0.15) is 0 Å². The highest BCUT2D eigenvalue weighted by Gasteiger charge is 2.43. The number of carboxylic acid groups (broad SMARTS) is 1. The van der Waals surface area contributed by atoms with Crippen LogP contribution in [0, 0.1) is 6.92 Å². The number of amides is 1. The van der Waals surface area contributed by atoms with Crippen LogP contribution in [0.5, 0.6) is 0 Å². The predicted octanol–water partition coefficient (Wildman–Crippen LogP) is 3.08. The van der Waals surface area contributed by atoms with E-state index in [0.717, 1.165) is 18.4 Å². The second kappa shape index (κ2) is 6.69. The van der Waals surface area contributed by atoms with E-state index in [0.29, 0.717) is 24.3 Å². The van der Waals surface area contributed by atoms with Crippen molar-refractivity contribution in [2.24, 2.45) is 0 Å². The van der Waals surface area contributed by atoms with Gasteiger partial charge in [0, 0.05) is 12.6 Å². The first kappa shape index (κ1) is 16.8. The third-order valence-corrected chi connectivity index (χ3v) is 6.49. The van der Waals surface area contributed by atoms with Crippen molar-refractivity contribution in [3.63, 3.8) is 0 Å². The van der Waals surface area contributed by atoms with Gasteiger partial charge >= 0.3 is 6.09 Å². The standard InChI is InChI=1S/C16H23NO4S/c1-3-4-9-17(16(18)19)13-10-15(11-13)22(20,21)14-7-5-12(2)6-8-14/h5-8,13,15H,3-4,9-11H2,1-2H3,(H,18,19). The van der Waals surface area contributed by atoms with Gasteiger partial charge in [0.15, 0.2) is 9.84 Å². The van der Waals surface area contributed by atoms with E-state index in [1.807, 2.05) is 13.8 Å². The van der Waals surface area contributed by atoms with Gasteiger partial charge in [-0.25, -0.2) is 13.2 Å². The van der Waals surface area contributed by atoms with Gasteiger partial charge in [-0.05, 0) is 38.3 Å². The van der Waals surface area contributed by atoms with Crippen LogP contribution < -0.4 is 0 Å². The molecule has 0 atom stereocenters. The highest BCUT2D eigenvalue weighted by Crippen LogP contribution is 2.35. The van der Waals surface area contributed by atoms with Crippen molar-refractivity contribution in [1.29, 1.82) is 0 Å². The summed E-state index contributed by atoms with van der Waals surface area (Å²) in [6.07, 6.45) is 1.56. The normalized spacial score (nSPS) is 21.2. The summed E-state index contributed by atoms with van der Waals surface area (Å²) in [5.41, 5.74) is 1.02. The minimum Gasteiger partial charge on any atom is -0.465 e. The van der Waals surface area contributed by atoms with Gasteiger partial charge in [-0.3, -0.25) is 0 Å². The van der Waals surface area contributed by atoms with Crippen LogP contribution in [0.2, 0.25) is 0 Å². The predicted molar refractivity (Wildman–Crippen MR) is 84.8 cm³/mol. The number of benzene rings is 1. The molecule has 0 spiro atoms. The van der Waals surface area contributed by atoms with Gasteiger partial charge in [-0.2, -0.15) is 0 Å². The van der Waals surface area contributed by atoms with Crippen LogP contribution >= 0.6 is 0 Å². The molecule has 6 heteroatoms. The molecular formula is C16H23NO4S. The highest BCUT2D eigenvalue weighted by molar-refractivity contribution is 7.92. The van der Waals surface area contributed by atoms with Crippen LogP contribution in [-0.4, -0.2) is 42.4 Å². The summed E-state index contributed by atoms with van der Waals surface area (Å²) in [5.74, 6) is 0. The highest BCUT2D eigenvalue weighted by atomic mass is 32.2. The first-order valence-electron chi connectivity index (χ1n) is 7.66. The second-order valence-electron chi connectivity index (χ2n) is 5.93. The monoisotopic (exact) mass is 325 g/mol. The molecule has 122 valence electrons. The van der Waals surface area contributed by atoms with E-state index in [9.17, 15) is 18.3 Å². The lowest BCUT2D eigenvalue weighted by Crippen LogP contribution is -2.52. The van der Waals surface area contributed by atoms with Crippen LogP contribution in [-0.2, 0) is 9.84 Å². The third kappa shape index (κ3) is 3.43. The lowest BCUT2D eigenvalue weighted by Gasteiger charge is -2.41. The zero-order valence-corrected chi connectivity index (χ0v) is 13.8. The Hall–Kier alpha value is -1.56. The van der Waals surface area contributed by atoms with Crippen molar-refractivity contribution in [1.82, 2.24) is 4.90 Å². The fourth-order valence-corrected chi connectivity index (χ4v) is 4.58. The van der Waals surface area contributed by atoms with Gasteiger partial charge in [-0.1, -0.05) is 31.0 Å². The Morgan fingerprint density at radius 3 is 2.36 bits per heavy atom. The first-order valence-corrected chi connectivity index (χ1v) is 9.21. The summed E-state index contributed by atoms with van der Waals surface area (Å²) < 4.78 is 25.0. The summed E-state index contributed by atoms with van der Waals surface area (Å²) in [6.45, 7) is 4.40. The summed E-state index contributed by atoms with van der Waals surface area (Å²) in [4.78, 5) is 13.0. The maximum Gasteiger partial charge on any atom is 0.407 e. The molecule has 1 amide bonds. The Morgan fingerprint density at radius 1 is 1.27 bits per heavy atom. The molecule has 1 aliphatic rings. The molecule has 1 N–H and O–H groups in total. The van der Waals surface area contributed by atoms with E-state index in [2.05, 4.69) is 0 Å². The average molecular weight is 325 g/mol. The number of carbonyl (C=O) groups is 1. The lowest BCUT2D eigenvalue weighted by atomic mass is 9.90. The molecule has 0 aromatic heterocycles. The van der Waals surface area contributed by atoms with Crippen molar-refractivity contribution in [3.05, 3.63) is 29.8 Å². The molecule has 1 fully saturated rings.